The molecule has 0 aliphatic carbocycles. The van der Waals surface area contributed by atoms with Gasteiger partial charge < -0.3 is 20.1 Å². The largest absolute Gasteiger partial charge is 0.550 e. The van der Waals surface area contributed by atoms with E-state index in [1.807, 2.05) is 0 Å². The Morgan fingerprint density at radius 3 is 1.47 bits per heavy atom. The quantitative estimate of drug-likeness (QED) is 0.485. The van der Waals surface area contributed by atoms with E-state index in [1.165, 1.54) is 25.7 Å². The third-order valence-electron chi connectivity index (χ3n) is 2.34. The Balaban J connectivity index is 0. The molecule has 0 amide bonds. The van der Waals surface area contributed by atoms with E-state index < -0.39 is 5.97 Å². The monoisotopic (exact) mass is 274 g/mol. The van der Waals surface area contributed by atoms with Gasteiger partial charge in [-0.2, -0.15) is 0 Å². The molecule has 0 unspecified atom stereocenters. The zero-order chi connectivity index (χ0) is 15.1. The molecule has 0 radical (unpaired) electrons. The molecule has 19 heavy (non-hydrogen) atoms. The van der Waals surface area contributed by atoms with E-state index >= 15 is 0 Å². The van der Waals surface area contributed by atoms with E-state index in [9.17, 15) is 9.90 Å². The first-order chi connectivity index (χ1) is 8.77. The van der Waals surface area contributed by atoms with Crippen LogP contribution in [0, 0.1) is 0 Å². The first-order valence-electron chi connectivity index (χ1n) is 7.46. The van der Waals surface area contributed by atoms with Gasteiger partial charge in [-0.25, -0.2) is 0 Å². The fourth-order valence-corrected chi connectivity index (χ4v) is 1.47. The molecule has 0 bridgehead atoms. The second-order valence-electron chi connectivity index (χ2n) is 6.42. The number of unbranched alkanes of at least 4 members (excludes halogenated alkanes) is 7. The van der Waals surface area contributed by atoms with Crippen molar-refractivity contribution in [2.75, 3.05) is 34.7 Å². The molecular weight excluding hydrogens is 240 g/mol. The van der Waals surface area contributed by atoms with Gasteiger partial charge in [-0.15, -0.1) is 0 Å². The zero-order valence-corrected chi connectivity index (χ0v) is 13.4. The van der Waals surface area contributed by atoms with Gasteiger partial charge in [-0.05, 0) is 25.8 Å². The highest BCUT2D eigenvalue weighted by Gasteiger charge is 1.92. The fourth-order valence-electron chi connectivity index (χ4n) is 1.47. The lowest BCUT2D eigenvalue weighted by Crippen LogP contribution is -2.27. The number of carboxylic acids is 1. The highest BCUT2D eigenvalue weighted by molar-refractivity contribution is 5.63. The summed E-state index contributed by atoms with van der Waals surface area (Å²) < 4.78 is 1.00. The molecule has 0 rings (SSSR count). The number of carbonyl (C=O) groups excluding carboxylic acids is 1. The highest BCUT2D eigenvalue weighted by atomic mass is 16.4. The SMILES string of the molecule is C[N+](C)(C)C.NCCCCCCCCCCC(=O)[O-]. The summed E-state index contributed by atoms with van der Waals surface area (Å²) in [6.45, 7) is 0.797. The van der Waals surface area contributed by atoms with Crippen LogP contribution >= 0.6 is 0 Å². The van der Waals surface area contributed by atoms with Gasteiger partial charge in [0.15, 0.2) is 0 Å². The second kappa shape index (κ2) is 13.8. The molecule has 4 nitrogen and oxygen atoms in total. The van der Waals surface area contributed by atoms with E-state index in [0.717, 1.165) is 36.7 Å². The molecule has 0 aliphatic rings. The van der Waals surface area contributed by atoms with Crippen molar-refractivity contribution < 1.29 is 14.4 Å². The van der Waals surface area contributed by atoms with Crippen molar-refractivity contribution in [3.05, 3.63) is 0 Å². The van der Waals surface area contributed by atoms with Crippen molar-refractivity contribution in [1.82, 2.24) is 0 Å². The molecule has 0 atom stereocenters. The van der Waals surface area contributed by atoms with Crippen LogP contribution in [-0.2, 0) is 4.79 Å². The van der Waals surface area contributed by atoms with Gasteiger partial charge in [0.2, 0.25) is 0 Å². The average Bonchev–Trinajstić information content (AvgIpc) is 2.24. The maximum atomic E-state index is 10.1. The van der Waals surface area contributed by atoms with Gasteiger partial charge >= 0.3 is 0 Å². The van der Waals surface area contributed by atoms with E-state index in [1.54, 1.807) is 0 Å². The first-order valence-corrected chi connectivity index (χ1v) is 7.46. The number of quaternary nitrogens is 1. The van der Waals surface area contributed by atoms with Gasteiger partial charge in [-0.3, -0.25) is 0 Å². The van der Waals surface area contributed by atoms with Crippen molar-refractivity contribution in [3.8, 4) is 0 Å². The third kappa shape index (κ3) is 38.2. The standard InChI is InChI=1S/C11H23NO2.C4H12N/c12-10-8-6-4-2-1-3-5-7-9-11(13)14;1-5(2,3)4/h1-10,12H2,(H,13,14);1-4H3/q;+1/p-1. The minimum atomic E-state index is -0.923. The van der Waals surface area contributed by atoms with Gasteiger partial charge in [-0.1, -0.05) is 38.5 Å². The number of hydrogen-bond donors (Lipinski definition) is 1. The van der Waals surface area contributed by atoms with Crippen molar-refractivity contribution in [2.45, 2.75) is 57.8 Å². The van der Waals surface area contributed by atoms with Crippen LogP contribution in [0.5, 0.6) is 0 Å². The zero-order valence-electron chi connectivity index (χ0n) is 13.4. The van der Waals surface area contributed by atoms with E-state index in [0.29, 0.717) is 0 Å². The summed E-state index contributed by atoms with van der Waals surface area (Å²) in [5, 5.41) is 10.1. The summed E-state index contributed by atoms with van der Waals surface area (Å²) in [5.74, 6) is -0.923. The number of rotatable bonds is 10. The molecule has 0 aliphatic heterocycles. The number of hydrogen-bond acceptors (Lipinski definition) is 3. The Hall–Kier alpha value is -0.610. The fraction of sp³-hybridized carbons (Fsp3) is 0.933. The lowest BCUT2D eigenvalue weighted by atomic mass is 10.1. The molecule has 0 saturated heterocycles. The normalized spacial score (nSPS) is 10.8. The number of nitrogens with two attached hydrogens (primary N) is 1. The molecule has 2 N–H and O–H groups in total. The Bertz CT molecular complexity index is 195. The molecule has 0 saturated carbocycles. The van der Waals surface area contributed by atoms with E-state index in [2.05, 4.69) is 28.2 Å². The maximum absolute atomic E-state index is 10.1. The summed E-state index contributed by atoms with van der Waals surface area (Å²) in [6, 6.07) is 0. The van der Waals surface area contributed by atoms with E-state index in [4.69, 9.17) is 5.73 Å². The molecule has 0 heterocycles. The molecular formula is C15H34N2O2. The predicted octanol–water partition coefficient (Wildman–Crippen LogP) is 1.53. The Morgan fingerprint density at radius 1 is 0.842 bits per heavy atom. The minimum absolute atomic E-state index is 0.215. The van der Waals surface area contributed by atoms with E-state index in [-0.39, 0.29) is 6.42 Å². The number of aliphatic carboxylic acids is 1. The van der Waals surface area contributed by atoms with Crippen LogP contribution in [0.4, 0.5) is 0 Å². The molecule has 0 aromatic carbocycles. The highest BCUT2D eigenvalue weighted by Crippen LogP contribution is 2.08. The summed E-state index contributed by atoms with van der Waals surface area (Å²) in [7, 11) is 8.50. The number of nitrogens with zero attached hydrogens (tertiary/aromatic N) is 1. The third-order valence-corrected chi connectivity index (χ3v) is 2.34. The average molecular weight is 274 g/mol. The van der Waals surface area contributed by atoms with Crippen LogP contribution < -0.4 is 10.8 Å². The molecule has 0 aromatic heterocycles. The van der Waals surface area contributed by atoms with Crippen molar-refractivity contribution in [2.24, 2.45) is 5.73 Å². The summed E-state index contributed by atoms with van der Waals surface area (Å²) in [6.07, 6.45) is 9.25. The summed E-state index contributed by atoms with van der Waals surface area (Å²) in [4.78, 5) is 10.1. The van der Waals surface area contributed by atoms with Gasteiger partial charge in [0.1, 0.15) is 0 Å². The Labute approximate surface area is 119 Å². The molecule has 0 fully saturated rings. The maximum Gasteiger partial charge on any atom is 0.0675 e. The number of carbonyl (C=O) groups is 1. The van der Waals surface area contributed by atoms with Crippen LogP contribution in [0.1, 0.15) is 57.8 Å². The van der Waals surface area contributed by atoms with Crippen molar-refractivity contribution in [3.63, 3.8) is 0 Å². The first kappa shape index (κ1) is 20.7. The second-order valence-corrected chi connectivity index (χ2v) is 6.42. The van der Waals surface area contributed by atoms with Gasteiger partial charge in [0.25, 0.3) is 0 Å². The molecule has 116 valence electrons. The number of carboxylic acid groups (broad SMARTS) is 1. The lowest BCUT2D eigenvalue weighted by Gasteiger charge is -2.14. The van der Waals surface area contributed by atoms with Gasteiger partial charge in [0.05, 0.1) is 28.2 Å². The molecule has 4 heteroatoms. The van der Waals surface area contributed by atoms with Crippen LogP contribution in [0.15, 0.2) is 0 Å². The van der Waals surface area contributed by atoms with Crippen LogP contribution in [-0.4, -0.2) is 45.2 Å². The Kier molecular flexibility index (Phi) is 15.1. The van der Waals surface area contributed by atoms with Gasteiger partial charge in [0, 0.05) is 5.97 Å². The molecule has 0 spiro atoms. The lowest BCUT2D eigenvalue weighted by molar-refractivity contribution is -0.849. The van der Waals surface area contributed by atoms with Crippen molar-refractivity contribution >= 4 is 5.97 Å². The van der Waals surface area contributed by atoms with Crippen molar-refractivity contribution in [1.29, 1.82) is 0 Å². The summed E-state index contributed by atoms with van der Waals surface area (Å²) in [5.41, 5.74) is 5.38. The van der Waals surface area contributed by atoms with Crippen LogP contribution in [0.25, 0.3) is 0 Å². The smallest absolute Gasteiger partial charge is 0.0675 e. The molecule has 0 aromatic rings. The topological polar surface area (TPSA) is 66.2 Å². The Morgan fingerprint density at radius 2 is 1.16 bits per heavy atom. The summed E-state index contributed by atoms with van der Waals surface area (Å²) >= 11 is 0. The predicted molar refractivity (Wildman–Crippen MR) is 79.6 cm³/mol. The minimum Gasteiger partial charge on any atom is -0.550 e. The van der Waals surface area contributed by atoms with Crippen LogP contribution in [0.2, 0.25) is 0 Å². The van der Waals surface area contributed by atoms with Crippen LogP contribution in [0.3, 0.4) is 0 Å².